The second-order valence-corrected chi connectivity index (χ2v) is 3.08. The summed E-state index contributed by atoms with van der Waals surface area (Å²) in [7, 11) is 1.71. The predicted molar refractivity (Wildman–Crippen MR) is 48.7 cm³/mol. The summed E-state index contributed by atoms with van der Waals surface area (Å²) in [5.41, 5.74) is 0. The quantitative estimate of drug-likeness (QED) is 0.678. The van der Waals surface area contributed by atoms with Crippen LogP contribution in [0.1, 0.15) is 13.3 Å². The lowest BCUT2D eigenvalue weighted by atomic mass is 10.1. The molecule has 1 atom stereocenters. The van der Waals surface area contributed by atoms with Crippen molar-refractivity contribution in [1.29, 1.82) is 0 Å². The zero-order valence-corrected chi connectivity index (χ0v) is 8.14. The van der Waals surface area contributed by atoms with Crippen LogP contribution < -0.4 is 5.32 Å². The van der Waals surface area contributed by atoms with Crippen LogP contribution in [0.3, 0.4) is 0 Å². The van der Waals surface area contributed by atoms with Crippen LogP contribution in [-0.2, 0) is 11.8 Å². The summed E-state index contributed by atoms with van der Waals surface area (Å²) in [6.45, 7) is 2.21. The van der Waals surface area contributed by atoms with Gasteiger partial charge in [0.1, 0.15) is 0 Å². The van der Waals surface area contributed by atoms with Gasteiger partial charge in [0, 0.05) is 13.6 Å². The molecule has 7 heteroatoms. The highest BCUT2D eigenvalue weighted by atomic mass is 16.4. The van der Waals surface area contributed by atoms with Crippen molar-refractivity contribution in [3.63, 3.8) is 0 Å². The van der Waals surface area contributed by atoms with E-state index in [4.69, 9.17) is 5.11 Å². The molecule has 0 aliphatic heterocycles. The second kappa shape index (κ2) is 4.54. The van der Waals surface area contributed by atoms with E-state index in [-0.39, 0.29) is 5.92 Å². The summed E-state index contributed by atoms with van der Waals surface area (Å²) in [5.74, 6) is -0.603. The number of anilines is 1. The van der Waals surface area contributed by atoms with Gasteiger partial charge in [-0.05, 0) is 16.8 Å². The van der Waals surface area contributed by atoms with Gasteiger partial charge in [0.05, 0.1) is 5.92 Å². The van der Waals surface area contributed by atoms with E-state index >= 15 is 0 Å². The van der Waals surface area contributed by atoms with Crippen molar-refractivity contribution in [3.05, 3.63) is 0 Å². The fourth-order valence-electron chi connectivity index (χ4n) is 0.903. The van der Waals surface area contributed by atoms with Crippen molar-refractivity contribution in [2.24, 2.45) is 13.0 Å². The minimum absolute atomic E-state index is 0.358. The Bertz CT molecular complexity index is 311. The third-order valence-electron chi connectivity index (χ3n) is 1.90. The molecule has 0 saturated heterocycles. The van der Waals surface area contributed by atoms with Crippen LogP contribution in [0.2, 0.25) is 0 Å². The van der Waals surface area contributed by atoms with Gasteiger partial charge < -0.3 is 10.4 Å². The van der Waals surface area contributed by atoms with Gasteiger partial charge in [-0.15, -0.1) is 0 Å². The Morgan fingerprint density at radius 3 is 2.93 bits per heavy atom. The molecule has 2 N–H and O–H groups in total. The molecule has 0 amide bonds. The van der Waals surface area contributed by atoms with E-state index in [1.165, 1.54) is 4.68 Å². The molecule has 1 aromatic rings. The fraction of sp³-hybridized carbons (Fsp3) is 0.714. The molecule has 0 aromatic carbocycles. The second-order valence-electron chi connectivity index (χ2n) is 3.08. The molecule has 0 aliphatic carbocycles. The van der Waals surface area contributed by atoms with Crippen LogP contribution in [0.4, 0.5) is 5.95 Å². The van der Waals surface area contributed by atoms with Gasteiger partial charge in [0.25, 0.3) is 0 Å². The van der Waals surface area contributed by atoms with E-state index in [0.29, 0.717) is 18.9 Å². The maximum Gasteiger partial charge on any atom is 0.306 e. The predicted octanol–water partition coefficient (Wildman–Crippen LogP) is -0.267. The minimum Gasteiger partial charge on any atom is -0.481 e. The number of hydrogen-bond donors (Lipinski definition) is 2. The number of rotatable bonds is 5. The summed E-state index contributed by atoms with van der Waals surface area (Å²) in [6, 6.07) is 0. The number of aliphatic carboxylic acids is 1. The Hall–Kier alpha value is -1.66. The van der Waals surface area contributed by atoms with Gasteiger partial charge in [-0.1, -0.05) is 12.0 Å². The first kappa shape index (κ1) is 10.4. The molecule has 0 aliphatic rings. The highest BCUT2D eigenvalue weighted by Gasteiger charge is 2.10. The van der Waals surface area contributed by atoms with Gasteiger partial charge in [-0.3, -0.25) is 4.79 Å². The molecule has 1 aromatic heterocycles. The molecule has 1 rings (SSSR count). The molecule has 1 heterocycles. The zero-order chi connectivity index (χ0) is 10.6. The minimum atomic E-state index is -0.789. The van der Waals surface area contributed by atoms with Crippen LogP contribution in [-0.4, -0.2) is 37.8 Å². The van der Waals surface area contributed by atoms with Crippen molar-refractivity contribution < 1.29 is 9.90 Å². The molecule has 0 bridgehead atoms. The Morgan fingerprint density at radius 2 is 2.43 bits per heavy atom. The van der Waals surface area contributed by atoms with E-state index in [2.05, 4.69) is 20.8 Å². The molecule has 78 valence electrons. The molecule has 1 unspecified atom stereocenters. The van der Waals surface area contributed by atoms with Gasteiger partial charge in [-0.2, -0.15) is 0 Å². The first-order valence-corrected chi connectivity index (χ1v) is 4.30. The molecular formula is C7H13N5O2. The Morgan fingerprint density at radius 1 is 1.71 bits per heavy atom. The highest BCUT2D eigenvalue weighted by Crippen LogP contribution is 2.02. The number of nitrogens with one attached hydrogen (secondary N) is 1. The molecule has 0 radical (unpaired) electrons. The smallest absolute Gasteiger partial charge is 0.306 e. The van der Waals surface area contributed by atoms with Crippen LogP contribution >= 0.6 is 0 Å². The van der Waals surface area contributed by atoms with E-state index in [1.807, 2.05) is 0 Å². The lowest BCUT2D eigenvalue weighted by Gasteiger charge is -2.06. The average Bonchev–Trinajstić information content (AvgIpc) is 2.51. The third-order valence-corrected chi connectivity index (χ3v) is 1.90. The molecule has 0 saturated carbocycles. The maximum atomic E-state index is 10.5. The summed E-state index contributed by atoms with van der Waals surface area (Å²) in [6.07, 6.45) is 0.544. The Kier molecular flexibility index (Phi) is 3.38. The Balaban J connectivity index is 2.29. The number of tetrazole rings is 1. The van der Waals surface area contributed by atoms with Crippen LogP contribution in [0.15, 0.2) is 0 Å². The third kappa shape index (κ3) is 2.68. The normalized spacial score (nSPS) is 12.4. The number of nitrogens with zero attached hydrogens (tertiary/aromatic N) is 4. The molecule has 0 spiro atoms. The number of carboxylic acids is 1. The summed E-state index contributed by atoms with van der Waals surface area (Å²) >= 11 is 0. The van der Waals surface area contributed by atoms with Gasteiger partial charge >= 0.3 is 5.97 Å². The standard InChI is InChI=1S/C7H13N5O2/c1-5(6(13)14)3-4-8-7-9-10-11-12(7)2/h5H,3-4H2,1-2H3,(H,13,14)(H,8,9,11). The monoisotopic (exact) mass is 199 g/mol. The van der Waals surface area contributed by atoms with Crippen molar-refractivity contribution >= 4 is 11.9 Å². The number of aryl methyl sites for hydroxylation is 1. The van der Waals surface area contributed by atoms with Crippen LogP contribution in [0.25, 0.3) is 0 Å². The summed E-state index contributed by atoms with van der Waals surface area (Å²) in [4.78, 5) is 10.5. The van der Waals surface area contributed by atoms with Crippen LogP contribution in [0, 0.1) is 5.92 Å². The molecular weight excluding hydrogens is 186 g/mol. The van der Waals surface area contributed by atoms with Gasteiger partial charge in [-0.25, -0.2) is 4.68 Å². The summed E-state index contributed by atoms with van der Waals surface area (Å²) in [5, 5.41) is 22.3. The number of hydrogen-bond acceptors (Lipinski definition) is 5. The van der Waals surface area contributed by atoms with E-state index in [9.17, 15) is 4.79 Å². The topological polar surface area (TPSA) is 92.9 Å². The lowest BCUT2D eigenvalue weighted by molar-refractivity contribution is -0.141. The highest BCUT2D eigenvalue weighted by molar-refractivity contribution is 5.69. The lowest BCUT2D eigenvalue weighted by Crippen LogP contribution is -2.15. The number of carboxylic acid groups (broad SMARTS) is 1. The van der Waals surface area contributed by atoms with Crippen LogP contribution in [0.5, 0.6) is 0 Å². The largest absolute Gasteiger partial charge is 0.481 e. The first-order chi connectivity index (χ1) is 6.61. The first-order valence-electron chi connectivity index (χ1n) is 4.30. The summed E-state index contributed by atoms with van der Waals surface area (Å²) < 4.78 is 1.49. The molecule has 0 fully saturated rings. The van der Waals surface area contributed by atoms with Crippen molar-refractivity contribution in [2.45, 2.75) is 13.3 Å². The van der Waals surface area contributed by atoms with E-state index in [1.54, 1.807) is 14.0 Å². The average molecular weight is 199 g/mol. The van der Waals surface area contributed by atoms with E-state index < -0.39 is 5.97 Å². The number of aromatic nitrogens is 4. The van der Waals surface area contributed by atoms with Crippen molar-refractivity contribution in [2.75, 3.05) is 11.9 Å². The number of carbonyl (C=O) groups is 1. The van der Waals surface area contributed by atoms with Gasteiger partial charge in [0.15, 0.2) is 0 Å². The van der Waals surface area contributed by atoms with Crippen molar-refractivity contribution in [3.8, 4) is 0 Å². The SMILES string of the molecule is CC(CCNc1nnnn1C)C(=O)O. The fourth-order valence-corrected chi connectivity index (χ4v) is 0.903. The maximum absolute atomic E-state index is 10.5. The molecule has 7 nitrogen and oxygen atoms in total. The van der Waals surface area contributed by atoms with Crippen molar-refractivity contribution in [1.82, 2.24) is 20.2 Å². The van der Waals surface area contributed by atoms with E-state index in [0.717, 1.165) is 0 Å². The van der Waals surface area contributed by atoms with Gasteiger partial charge in [0.2, 0.25) is 5.95 Å². The zero-order valence-electron chi connectivity index (χ0n) is 8.14. The Labute approximate surface area is 81.1 Å². The molecule has 14 heavy (non-hydrogen) atoms.